The molecular weight excluding hydrogens is 339 g/mol. The summed E-state index contributed by atoms with van der Waals surface area (Å²) in [4.78, 5) is 24.2. The lowest BCUT2D eigenvalue weighted by molar-refractivity contribution is 0.0499. The standard InChI is InChI=1S/C17H14Cl2O4/c1-2-9-22-16(20)13-5-3-4-6-15(13)23-17(21)12-8-7-11(18)10-14(12)19/h3-8,10H,2,9H2,1H3. The van der Waals surface area contributed by atoms with Gasteiger partial charge in [0.25, 0.3) is 0 Å². The van der Waals surface area contributed by atoms with Gasteiger partial charge in [0.1, 0.15) is 11.3 Å². The number of rotatable bonds is 5. The molecule has 0 aliphatic carbocycles. The van der Waals surface area contributed by atoms with E-state index in [2.05, 4.69) is 0 Å². The highest BCUT2D eigenvalue weighted by Gasteiger charge is 2.18. The molecule has 0 radical (unpaired) electrons. The molecule has 0 aromatic heterocycles. The van der Waals surface area contributed by atoms with Gasteiger partial charge in [-0.15, -0.1) is 0 Å². The SMILES string of the molecule is CCCOC(=O)c1ccccc1OC(=O)c1ccc(Cl)cc1Cl. The molecule has 2 aromatic rings. The minimum atomic E-state index is -0.678. The van der Waals surface area contributed by atoms with Crippen LogP contribution in [0.15, 0.2) is 42.5 Å². The van der Waals surface area contributed by atoms with Crippen LogP contribution in [0.25, 0.3) is 0 Å². The molecule has 0 amide bonds. The van der Waals surface area contributed by atoms with Crippen molar-refractivity contribution in [1.29, 1.82) is 0 Å². The fourth-order valence-corrected chi connectivity index (χ4v) is 2.29. The number of carbonyl (C=O) groups excluding carboxylic acids is 2. The van der Waals surface area contributed by atoms with E-state index in [4.69, 9.17) is 32.7 Å². The Balaban J connectivity index is 2.23. The van der Waals surface area contributed by atoms with Crippen LogP contribution < -0.4 is 4.74 Å². The van der Waals surface area contributed by atoms with Gasteiger partial charge in [-0.2, -0.15) is 0 Å². The molecule has 4 nitrogen and oxygen atoms in total. The van der Waals surface area contributed by atoms with E-state index in [-0.39, 0.29) is 21.9 Å². The van der Waals surface area contributed by atoms with Gasteiger partial charge in [0.2, 0.25) is 0 Å². The van der Waals surface area contributed by atoms with Gasteiger partial charge < -0.3 is 9.47 Å². The second-order valence-electron chi connectivity index (χ2n) is 4.65. The number of carbonyl (C=O) groups is 2. The van der Waals surface area contributed by atoms with Gasteiger partial charge >= 0.3 is 11.9 Å². The summed E-state index contributed by atoms with van der Waals surface area (Å²) in [6, 6.07) is 10.8. The van der Waals surface area contributed by atoms with E-state index in [0.29, 0.717) is 18.1 Å². The molecule has 0 heterocycles. The Morgan fingerprint density at radius 2 is 1.74 bits per heavy atom. The van der Waals surface area contributed by atoms with Crippen LogP contribution in [0, 0.1) is 0 Å². The third-order valence-electron chi connectivity index (χ3n) is 2.90. The molecule has 0 bridgehead atoms. The fraction of sp³-hybridized carbons (Fsp3) is 0.176. The zero-order valence-electron chi connectivity index (χ0n) is 12.3. The number of ether oxygens (including phenoxy) is 2. The van der Waals surface area contributed by atoms with E-state index >= 15 is 0 Å². The first-order valence-corrected chi connectivity index (χ1v) is 7.72. The van der Waals surface area contributed by atoms with Crippen molar-refractivity contribution in [3.8, 4) is 5.75 Å². The largest absolute Gasteiger partial charge is 0.462 e. The van der Waals surface area contributed by atoms with Gasteiger partial charge in [-0.25, -0.2) is 9.59 Å². The van der Waals surface area contributed by atoms with Crippen LogP contribution in [-0.4, -0.2) is 18.5 Å². The van der Waals surface area contributed by atoms with Crippen LogP contribution in [0.2, 0.25) is 10.0 Å². The fourth-order valence-electron chi connectivity index (χ4n) is 1.81. The predicted octanol–water partition coefficient (Wildman–Crippen LogP) is 4.78. The summed E-state index contributed by atoms with van der Waals surface area (Å²) in [6.07, 6.45) is 0.702. The minimum Gasteiger partial charge on any atom is -0.462 e. The molecule has 0 saturated heterocycles. The Morgan fingerprint density at radius 1 is 1.00 bits per heavy atom. The van der Waals surface area contributed by atoms with Crippen LogP contribution >= 0.6 is 23.2 Å². The minimum absolute atomic E-state index is 0.115. The maximum Gasteiger partial charge on any atom is 0.345 e. The Morgan fingerprint density at radius 3 is 2.43 bits per heavy atom. The van der Waals surface area contributed by atoms with E-state index in [1.807, 2.05) is 6.92 Å². The van der Waals surface area contributed by atoms with Crippen LogP contribution in [0.5, 0.6) is 5.75 Å². The highest BCUT2D eigenvalue weighted by atomic mass is 35.5. The van der Waals surface area contributed by atoms with Crippen molar-refractivity contribution in [3.05, 3.63) is 63.6 Å². The summed E-state index contributed by atoms with van der Waals surface area (Å²) in [6.45, 7) is 2.19. The lowest BCUT2D eigenvalue weighted by Gasteiger charge is -2.10. The number of hydrogen-bond acceptors (Lipinski definition) is 4. The zero-order chi connectivity index (χ0) is 16.8. The molecule has 120 valence electrons. The molecule has 6 heteroatoms. The Hall–Kier alpha value is -2.04. The summed E-state index contributed by atoms with van der Waals surface area (Å²) >= 11 is 11.8. The second kappa shape index (κ2) is 7.99. The summed E-state index contributed by atoms with van der Waals surface area (Å²) in [5.74, 6) is -1.11. The zero-order valence-corrected chi connectivity index (χ0v) is 13.9. The van der Waals surface area contributed by atoms with Crippen molar-refractivity contribution < 1.29 is 19.1 Å². The van der Waals surface area contributed by atoms with E-state index in [9.17, 15) is 9.59 Å². The molecule has 0 fully saturated rings. The maximum absolute atomic E-state index is 12.2. The molecular formula is C17H14Cl2O4. The average molecular weight is 353 g/mol. The smallest absolute Gasteiger partial charge is 0.345 e. The van der Waals surface area contributed by atoms with Crippen LogP contribution in [0.4, 0.5) is 0 Å². The number of halogens is 2. The van der Waals surface area contributed by atoms with Crippen molar-refractivity contribution >= 4 is 35.1 Å². The number of para-hydroxylation sites is 1. The first-order chi connectivity index (χ1) is 11.0. The first kappa shape index (κ1) is 17.3. The number of benzene rings is 2. The van der Waals surface area contributed by atoms with Gasteiger partial charge in [0.05, 0.1) is 17.2 Å². The van der Waals surface area contributed by atoms with E-state index in [1.54, 1.807) is 12.1 Å². The molecule has 0 spiro atoms. The van der Waals surface area contributed by atoms with Crippen LogP contribution in [0.3, 0.4) is 0 Å². The molecule has 2 rings (SSSR count). The average Bonchev–Trinajstić information content (AvgIpc) is 2.53. The quantitative estimate of drug-likeness (QED) is 0.573. The van der Waals surface area contributed by atoms with Crippen molar-refractivity contribution in [2.75, 3.05) is 6.61 Å². The van der Waals surface area contributed by atoms with Gasteiger partial charge in [0, 0.05) is 5.02 Å². The monoisotopic (exact) mass is 352 g/mol. The van der Waals surface area contributed by atoms with Gasteiger partial charge in [-0.05, 0) is 36.8 Å². The van der Waals surface area contributed by atoms with Crippen molar-refractivity contribution in [2.24, 2.45) is 0 Å². The highest BCUT2D eigenvalue weighted by Crippen LogP contribution is 2.25. The predicted molar refractivity (Wildman–Crippen MR) is 88.4 cm³/mol. The summed E-state index contributed by atoms with van der Waals surface area (Å²) in [5.41, 5.74) is 0.340. The second-order valence-corrected chi connectivity index (χ2v) is 5.49. The topological polar surface area (TPSA) is 52.6 Å². The van der Waals surface area contributed by atoms with Crippen molar-refractivity contribution in [3.63, 3.8) is 0 Å². The molecule has 0 unspecified atom stereocenters. The summed E-state index contributed by atoms with van der Waals surface area (Å²) in [7, 11) is 0. The van der Waals surface area contributed by atoms with E-state index in [1.165, 1.54) is 30.3 Å². The molecule has 0 aliphatic heterocycles. The molecule has 0 aliphatic rings. The van der Waals surface area contributed by atoms with Gasteiger partial charge in [-0.1, -0.05) is 42.3 Å². The van der Waals surface area contributed by atoms with Gasteiger partial charge in [-0.3, -0.25) is 0 Å². The third kappa shape index (κ3) is 4.47. The van der Waals surface area contributed by atoms with Crippen LogP contribution in [-0.2, 0) is 4.74 Å². The maximum atomic E-state index is 12.2. The number of esters is 2. The molecule has 0 N–H and O–H groups in total. The lowest BCUT2D eigenvalue weighted by Crippen LogP contribution is -2.13. The van der Waals surface area contributed by atoms with E-state index in [0.717, 1.165) is 0 Å². The molecule has 23 heavy (non-hydrogen) atoms. The molecule has 0 saturated carbocycles. The molecule has 2 aromatic carbocycles. The Bertz CT molecular complexity index is 728. The van der Waals surface area contributed by atoms with Gasteiger partial charge in [0.15, 0.2) is 0 Å². The Kier molecular flexibility index (Phi) is 6.02. The molecule has 0 atom stereocenters. The number of hydrogen-bond donors (Lipinski definition) is 0. The summed E-state index contributed by atoms with van der Waals surface area (Å²) in [5, 5.41) is 0.587. The van der Waals surface area contributed by atoms with E-state index < -0.39 is 11.9 Å². The first-order valence-electron chi connectivity index (χ1n) is 6.96. The Labute approximate surface area is 143 Å². The van der Waals surface area contributed by atoms with Crippen molar-refractivity contribution in [1.82, 2.24) is 0 Å². The van der Waals surface area contributed by atoms with Crippen LogP contribution in [0.1, 0.15) is 34.1 Å². The lowest BCUT2D eigenvalue weighted by atomic mass is 10.2. The highest BCUT2D eigenvalue weighted by molar-refractivity contribution is 6.36. The normalized spacial score (nSPS) is 10.2. The van der Waals surface area contributed by atoms with Crippen molar-refractivity contribution in [2.45, 2.75) is 13.3 Å². The summed E-state index contributed by atoms with van der Waals surface area (Å²) < 4.78 is 10.4. The third-order valence-corrected chi connectivity index (χ3v) is 3.45.